The van der Waals surface area contributed by atoms with Crippen LogP contribution in [-0.4, -0.2) is 4.57 Å². The van der Waals surface area contributed by atoms with Crippen LogP contribution in [0.4, 0.5) is 17.1 Å². The SMILES string of the molecule is CC1(C)c2ccccc2-c2ccc(N(c3ccc(-n4c5ccccc5c5ccccc54)cc3)c3ccc4c(c3)-c3ccccc3C43c4ccccc4-c4ccccc43)cc21. The maximum absolute atomic E-state index is 2.47. The topological polar surface area (TPSA) is 8.17 Å². The molecule has 3 aliphatic carbocycles. The Kier molecular flexibility index (Phi) is 6.74. The molecule has 0 saturated heterocycles. The first-order valence-corrected chi connectivity index (χ1v) is 21.1. The summed E-state index contributed by atoms with van der Waals surface area (Å²) in [7, 11) is 0. The molecule has 13 rings (SSSR count). The minimum Gasteiger partial charge on any atom is -0.310 e. The molecular formula is C58H40N2. The van der Waals surface area contributed by atoms with Crippen molar-refractivity contribution in [3.63, 3.8) is 0 Å². The molecule has 1 aromatic heterocycles. The van der Waals surface area contributed by atoms with Crippen molar-refractivity contribution >= 4 is 38.9 Å². The fraction of sp³-hybridized carbons (Fsp3) is 0.0690. The molecule has 2 heteroatoms. The molecular weight excluding hydrogens is 725 g/mol. The molecule has 282 valence electrons. The van der Waals surface area contributed by atoms with E-state index in [1.165, 1.54) is 88.6 Å². The first-order valence-electron chi connectivity index (χ1n) is 21.1. The molecule has 1 spiro atoms. The van der Waals surface area contributed by atoms with Gasteiger partial charge >= 0.3 is 0 Å². The average Bonchev–Trinajstić information content (AvgIpc) is 3.97. The van der Waals surface area contributed by atoms with E-state index < -0.39 is 0 Å². The summed E-state index contributed by atoms with van der Waals surface area (Å²) >= 11 is 0. The molecule has 3 aliphatic rings. The largest absolute Gasteiger partial charge is 0.310 e. The summed E-state index contributed by atoms with van der Waals surface area (Å²) in [6.07, 6.45) is 0. The summed E-state index contributed by atoms with van der Waals surface area (Å²) in [6, 6.07) is 77.1. The average molecular weight is 765 g/mol. The van der Waals surface area contributed by atoms with Gasteiger partial charge in [0.1, 0.15) is 0 Å². The van der Waals surface area contributed by atoms with Crippen molar-refractivity contribution in [3.05, 3.63) is 240 Å². The third-order valence-electron chi connectivity index (χ3n) is 14.0. The Bertz CT molecular complexity index is 3320. The highest BCUT2D eigenvalue weighted by Crippen LogP contribution is 2.63. The molecule has 10 aromatic rings. The Hall–Kier alpha value is -7.42. The zero-order valence-corrected chi connectivity index (χ0v) is 33.5. The van der Waals surface area contributed by atoms with E-state index in [0.717, 1.165) is 22.7 Å². The summed E-state index contributed by atoms with van der Waals surface area (Å²) in [5.74, 6) is 0. The van der Waals surface area contributed by atoms with Crippen LogP contribution < -0.4 is 4.90 Å². The van der Waals surface area contributed by atoms with Crippen LogP contribution in [0.2, 0.25) is 0 Å². The van der Waals surface area contributed by atoms with Crippen LogP contribution in [0.25, 0.3) is 60.9 Å². The van der Waals surface area contributed by atoms with Crippen molar-refractivity contribution in [2.24, 2.45) is 0 Å². The standard InChI is InChI=1S/C58H40N2/c1-57(2)49-21-9-3-15-41(49)45-33-31-40(36-54(45)57)59(37-27-29-38(30-28-37)60-55-25-13-7-19-46(55)47-20-8-14-26-56(47)60)39-32-34-53-48(35-39)44-18-6-12-24-52(44)58(53)50-22-10-4-16-42(50)43-17-5-11-23-51(43)58/h3-36H,1-2H3. The minimum absolute atomic E-state index is 0.124. The van der Waals surface area contributed by atoms with Crippen molar-refractivity contribution in [1.29, 1.82) is 0 Å². The quantitative estimate of drug-likeness (QED) is 0.173. The lowest BCUT2D eigenvalue weighted by atomic mass is 9.70. The van der Waals surface area contributed by atoms with Crippen molar-refractivity contribution < 1.29 is 0 Å². The van der Waals surface area contributed by atoms with Gasteiger partial charge < -0.3 is 9.47 Å². The van der Waals surface area contributed by atoms with Crippen LogP contribution in [0, 0.1) is 0 Å². The highest BCUT2D eigenvalue weighted by atomic mass is 15.1. The lowest BCUT2D eigenvalue weighted by Gasteiger charge is -2.31. The Morgan fingerprint density at radius 3 is 1.35 bits per heavy atom. The van der Waals surface area contributed by atoms with Crippen LogP contribution in [-0.2, 0) is 10.8 Å². The number of fused-ring (bicyclic) bond motifs is 16. The van der Waals surface area contributed by atoms with Crippen molar-refractivity contribution in [2.75, 3.05) is 4.90 Å². The molecule has 0 fully saturated rings. The second-order valence-electron chi connectivity index (χ2n) is 17.2. The Morgan fingerprint density at radius 1 is 0.333 bits per heavy atom. The van der Waals surface area contributed by atoms with Crippen molar-refractivity contribution in [1.82, 2.24) is 4.57 Å². The molecule has 0 N–H and O–H groups in total. The van der Waals surface area contributed by atoms with Crippen LogP contribution in [0.3, 0.4) is 0 Å². The van der Waals surface area contributed by atoms with Crippen LogP contribution in [0.15, 0.2) is 206 Å². The fourth-order valence-electron chi connectivity index (χ4n) is 11.5. The highest BCUT2D eigenvalue weighted by Gasteiger charge is 2.51. The summed E-state index contributed by atoms with van der Waals surface area (Å²) < 4.78 is 2.40. The number of hydrogen-bond acceptors (Lipinski definition) is 1. The van der Waals surface area contributed by atoms with Gasteiger partial charge in [-0.2, -0.15) is 0 Å². The van der Waals surface area contributed by atoms with Crippen LogP contribution in [0.5, 0.6) is 0 Å². The van der Waals surface area contributed by atoms with E-state index in [9.17, 15) is 0 Å². The number of rotatable bonds is 4. The number of aromatic nitrogens is 1. The lowest BCUT2D eigenvalue weighted by Crippen LogP contribution is -2.25. The zero-order chi connectivity index (χ0) is 39.7. The summed E-state index contributed by atoms with van der Waals surface area (Å²) in [6.45, 7) is 4.74. The molecule has 1 heterocycles. The summed E-state index contributed by atoms with van der Waals surface area (Å²) in [5, 5.41) is 2.54. The number of nitrogens with zero attached hydrogens (tertiary/aromatic N) is 2. The van der Waals surface area contributed by atoms with Gasteiger partial charge in [-0.1, -0.05) is 159 Å². The lowest BCUT2D eigenvalue weighted by molar-refractivity contribution is 0.660. The predicted octanol–water partition coefficient (Wildman–Crippen LogP) is 14.9. The fourth-order valence-corrected chi connectivity index (χ4v) is 11.5. The van der Waals surface area contributed by atoms with Crippen LogP contribution >= 0.6 is 0 Å². The van der Waals surface area contributed by atoms with Crippen molar-refractivity contribution in [3.8, 4) is 39.1 Å². The molecule has 2 nitrogen and oxygen atoms in total. The summed E-state index contributed by atoms with van der Waals surface area (Å²) in [4.78, 5) is 2.47. The van der Waals surface area contributed by atoms with E-state index in [-0.39, 0.29) is 10.8 Å². The van der Waals surface area contributed by atoms with E-state index in [1.807, 2.05) is 0 Å². The maximum Gasteiger partial charge on any atom is 0.0725 e. The van der Waals surface area contributed by atoms with E-state index in [0.29, 0.717) is 0 Å². The molecule has 0 saturated carbocycles. The van der Waals surface area contributed by atoms with Gasteiger partial charge in [0.25, 0.3) is 0 Å². The molecule has 0 unspecified atom stereocenters. The molecule has 0 bridgehead atoms. The summed E-state index contributed by atoms with van der Waals surface area (Å²) in [5.41, 5.74) is 22.5. The third-order valence-corrected chi connectivity index (χ3v) is 14.0. The Balaban J connectivity index is 1.02. The van der Waals surface area contributed by atoms with Gasteiger partial charge in [0.05, 0.1) is 16.4 Å². The Labute approximate surface area is 350 Å². The maximum atomic E-state index is 2.47. The van der Waals surface area contributed by atoms with Gasteiger partial charge in [0.2, 0.25) is 0 Å². The Morgan fingerprint density at radius 2 is 0.750 bits per heavy atom. The predicted molar refractivity (Wildman–Crippen MR) is 249 cm³/mol. The van der Waals surface area contributed by atoms with Gasteiger partial charge in [-0.05, 0) is 127 Å². The van der Waals surface area contributed by atoms with E-state index in [1.54, 1.807) is 0 Å². The monoisotopic (exact) mass is 764 g/mol. The van der Waals surface area contributed by atoms with Gasteiger partial charge in [-0.3, -0.25) is 0 Å². The van der Waals surface area contributed by atoms with Crippen molar-refractivity contribution in [2.45, 2.75) is 24.7 Å². The number of benzene rings is 9. The number of anilines is 3. The van der Waals surface area contributed by atoms with Crippen LogP contribution in [0.1, 0.15) is 47.2 Å². The smallest absolute Gasteiger partial charge is 0.0725 e. The second-order valence-corrected chi connectivity index (χ2v) is 17.2. The number of para-hydroxylation sites is 2. The second kappa shape index (κ2) is 12.1. The van der Waals surface area contributed by atoms with Gasteiger partial charge in [-0.15, -0.1) is 0 Å². The van der Waals surface area contributed by atoms with E-state index in [4.69, 9.17) is 0 Å². The first kappa shape index (κ1) is 33.5. The van der Waals surface area contributed by atoms with Gasteiger partial charge in [0, 0.05) is 38.9 Å². The zero-order valence-electron chi connectivity index (χ0n) is 33.5. The molecule has 0 amide bonds. The van der Waals surface area contributed by atoms with E-state index >= 15 is 0 Å². The molecule has 60 heavy (non-hydrogen) atoms. The molecule has 0 atom stereocenters. The van der Waals surface area contributed by atoms with E-state index in [2.05, 4.69) is 230 Å². The normalized spacial score (nSPS) is 14.4. The van der Waals surface area contributed by atoms with Gasteiger partial charge in [0.15, 0.2) is 0 Å². The molecule has 0 radical (unpaired) electrons. The number of hydrogen-bond donors (Lipinski definition) is 0. The molecule has 0 aliphatic heterocycles. The van der Waals surface area contributed by atoms with Gasteiger partial charge in [-0.25, -0.2) is 0 Å². The first-order chi connectivity index (χ1) is 29.5. The third kappa shape index (κ3) is 4.27. The highest BCUT2D eigenvalue weighted by molar-refractivity contribution is 6.09. The molecule has 9 aromatic carbocycles. The minimum atomic E-state index is -0.379.